The molecule has 3 nitrogen and oxygen atoms in total. The van der Waals surface area contributed by atoms with Crippen molar-refractivity contribution in [3.8, 4) is 0 Å². The summed E-state index contributed by atoms with van der Waals surface area (Å²) in [6, 6.07) is 7.71. The molecule has 3 rings (SSSR count). The predicted molar refractivity (Wildman–Crippen MR) is 43.8 cm³/mol. The van der Waals surface area contributed by atoms with Crippen molar-refractivity contribution in [2.24, 2.45) is 0 Å². The van der Waals surface area contributed by atoms with E-state index in [1.165, 1.54) is 6.39 Å². The van der Waals surface area contributed by atoms with Gasteiger partial charge in [0.05, 0.1) is 5.39 Å². The van der Waals surface area contributed by atoms with E-state index in [0.29, 0.717) is 5.71 Å². The van der Waals surface area contributed by atoms with E-state index >= 15 is 0 Å². The fourth-order valence-corrected chi connectivity index (χ4v) is 1.33. The summed E-state index contributed by atoms with van der Waals surface area (Å²) >= 11 is 0. The van der Waals surface area contributed by atoms with E-state index in [2.05, 4.69) is 4.98 Å². The van der Waals surface area contributed by atoms with Crippen LogP contribution in [0.2, 0.25) is 0 Å². The van der Waals surface area contributed by atoms with Crippen LogP contribution in [0.4, 0.5) is 0 Å². The monoisotopic (exact) mass is 159 g/mol. The largest absolute Gasteiger partial charge is 0.439 e. The Labute approximate surface area is 67.6 Å². The molecule has 0 fully saturated rings. The maximum atomic E-state index is 5.39. The van der Waals surface area contributed by atoms with Gasteiger partial charge in [0.15, 0.2) is 6.39 Å². The zero-order valence-electron chi connectivity index (χ0n) is 6.15. The summed E-state index contributed by atoms with van der Waals surface area (Å²) in [5.41, 5.74) is 2.11. The first-order valence-electron chi connectivity index (χ1n) is 3.66. The summed E-state index contributed by atoms with van der Waals surface area (Å²) in [6.45, 7) is 0. The number of nitrogens with zero attached hydrogens (tertiary/aromatic N) is 1. The zero-order valence-corrected chi connectivity index (χ0v) is 6.15. The zero-order chi connectivity index (χ0) is 7.97. The van der Waals surface area contributed by atoms with Crippen LogP contribution in [0.5, 0.6) is 0 Å². The van der Waals surface area contributed by atoms with Gasteiger partial charge in [-0.2, -0.15) is 4.98 Å². The van der Waals surface area contributed by atoms with Gasteiger partial charge in [0.1, 0.15) is 5.58 Å². The molecule has 0 saturated heterocycles. The number of para-hydroxylation sites is 1. The molecule has 0 amide bonds. The Hall–Kier alpha value is -1.77. The highest BCUT2D eigenvalue weighted by molar-refractivity contribution is 5.99. The third kappa shape index (κ3) is 0.580. The Morgan fingerprint density at radius 1 is 1.17 bits per heavy atom. The normalized spacial score (nSPS) is 11.3. The smallest absolute Gasteiger partial charge is 0.266 e. The molecule has 0 N–H and O–H groups in total. The minimum absolute atomic E-state index is 0.566. The molecule has 0 aliphatic carbocycles. The fourth-order valence-electron chi connectivity index (χ4n) is 1.33. The summed E-state index contributed by atoms with van der Waals surface area (Å²) < 4.78 is 10.6. The first-order chi connectivity index (χ1) is 5.95. The van der Waals surface area contributed by atoms with Crippen LogP contribution in [0.25, 0.3) is 22.3 Å². The number of fused-ring (bicyclic) bond motifs is 3. The number of hydrogen-bond acceptors (Lipinski definition) is 3. The van der Waals surface area contributed by atoms with Gasteiger partial charge in [-0.1, -0.05) is 12.1 Å². The van der Waals surface area contributed by atoms with Crippen molar-refractivity contribution in [1.29, 1.82) is 0 Å². The van der Waals surface area contributed by atoms with Gasteiger partial charge in [-0.05, 0) is 12.1 Å². The third-order valence-electron chi connectivity index (χ3n) is 1.87. The highest BCUT2D eigenvalue weighted by Crippen LogP contribution is 2.26. The van der Waals surface area contributed by atoms with Crippen molar-refractivity contribution in [1.82, 2.24) is 4.98 Å². The average Bonchev–Trinajstić information content (AvgIpc) is 2.62. The molecule has 0 spiro atoms. The fraction of sp³-hybridized carbons (Fsp3) is 0. The van der Waals surface area contributed by atoms with Crippen LogP contribution in [-0.4, -0.2) is 4.98 Å². The van der Waals surface area contributed by atoms with Crippen molar-refractivity contribution in [3.05, 3.63) is 30.7 Å². The number of hydrogen-bond donors (Lipinski definition) is 0. The molecule has 3 aromatic rings. The molecule has 1 aromatic carbocycles. The Morgan fingerprint density at radius 3 is 3.08 bits per heavy atom. The lowest BCUT2D eigenvalue weighted by Crippen LogP contribution is -1.60. The molecule has 3 heteroatoms. The molecule has 0 unspecified atom stereocenters. The quantitative estimate of drug-likeness (QED) is 0.506. The number of rotatable bonds is 0. The third-order valence-corrected chi connectivity index (χ3v) is 1.87. The maximum Gasteiger partial charge on any atom is 0.266 e. The molecule has 0 aliphatic heterocycles. The van der Waals surface area contributed by atoms with Crippen molar-refractivity contribution in [3.63, 3.8) is 0 Å². The number of benzene rings is 1. The maximum absolute atomic E-state index is 5.39. The van der Waals surface area contributed by atoms with E-state index in [9.17, 15) is 0 Å². The molecule has 0 radical (unpaired) electrons. The molecule has 12 heavy (non-hydrogen) atoms. The van der Waals surface area contributed by atoms with Crippen LogP contribution < -0.4 is 0 Å². The van der Waals surface area contributed by atoms with E-state index in [-0.39, 0.29) is 0 Å². The summed E-state index contributed by atoms with van der Waals surface area (Å²) in [5, 5.41) is 0.977. The van der Waals surface area contributed by atoms with Gasteiger partial charge in [-0.15, -0.1) is 0 Å². The SMILES string of the molecule is c1ccc2c(c1)oc1ncoc12. The minimum Gasteiger partial charge on any atom is -0.439 e. The number of furan rings is 1. The van der Waals surface area contributed by atoms with Crippen molar-refractivity contribution in [2.45, 2.75) is 0 Å². The van der Waals surface area contributed by atoms with Gasteiger partial charge >= 0.3 is 0 Å². The Kier molecular flexibility index (Phi) is 0.913. The van der Waals surface area contributed by atoms with Crippen LogP contribution in [0.15, 0.2) is 39.5 Å². The molecular formula is C9H5NO2. The van der Waals surface area contributed by atoms with E-state index in [1.807, 2.05) is 24.3 Å². The summed E-state index contributed by atoms with van der Waals surface area (Å²) in [4.78, 5) is 3.92. The standard InChI is InChI=1S/C9H5NO2/c1-2-4-7-6(3-1)8-9(12-7)10-5-11-8/h1-5H. The Bertz CT molecular complexity index is 534. The van der Waals surface area contributed by atoms with Gasteiger partial charge in [-0.3, -0.25) is 0 Å². The van der Waals surface area contributed by atoms with E-state index < -0.39 is 0 Å². The van der Waals surface area contributed by atoms with E-state index in [0.717, 1.165) is 16.6 Å². The van der Waals surface area contributed by atoms with Crippen molar-refractivity contribution < 1.29 is 8.83 Å². The Morgan fingerprint density at radius 2 is 2.08 bits per heavy atom. The molecule has 0 bridgehead atoms. The van der Waals surface area contributed by atoms with E-state index in [1.54, 1.807) is 0 Å². The second-order valence-corrected chi connectivity index (χ2v) is 2.58. The number of oxazole rings is 1. The molecular weight excluding hydrogens is 154 g/mol. The van der Waals surface area contributed by atoms with Crippen molar-refractivity contribution >= 4 is 22.3 Å². The summed E-state index contributed by atoms with van der Waals surface area (Å²) in [6.07, 6.45) is 1.39. The molecule has 0 saturated carbocycles. The Balaban J connectivity index is 2.68. The predicted octanol–water partition coefficient (Wildman–Crippen LogP) is 2.57. The van der Waals surface area contributed by atoms with Crippen LogP contribution >= 0.6 is 0 Å². The second kappa shape index (κ2) is 1.88. The second-order valence-electron chi connectivity index (χ2n) is 2.58. The van der Waals surface area contributed by atoms with Gasteiger partial charge in [-0.25, -0.2) is 0 Å². The lowest BCUT2D eigenvalue weighted by atomic mass is 10.2. The van der Waals surface area contributed by atoms with Crippen LogP contribution in [0.3, 0.4) is 0 Å². The van der Waals surface area contributed by atoms with Gasteiger partial charge < -0.3 is 8.83 Å². The van der Waals surface area contributed by atoms with Gasteiger partial charge in [0.25, 0.3) is 5.71 Å². The topological polar surface area (TPSA) is 39.2 Å². The van der Waals surface area contributed by atoms with Crippen LogP contribution in [-0.2, 0) is 0 Å². The summed E-state index contributed by atoms with van der Waals surface area (Å²) in [7, 11) is 0. The highest BCUT2D eigenvalue weighted by Gasteiger charge is 2.08. The molecule has 2 heterocycles. The first-order valence-corrected chi connectivity index (χ1v) is 3.66. The van der Waals surface area contributed by atoms with Gasteiger partial charge in [0, 0.05) is 0 Å². The summed E-state index contributed by atoms with van der Waals surface area (Å²) in [5.74, 6) is 0. The van der Waals surface area contributed by atoms with Crippen molar-refractivity contribution in [2.75, 3.05) is 0 Å². The first kappa shape index (κ1) is 5.83. The molecule has 58 valence electrons. The number of aromatic nitrogens is 1. The van der Waals surface area contributed by atoms with Gasteiger partial charge in [0.2, 0.25) is 5.58 Å². The van der Waals surface area contributed by atoms with Crippen LogP contribution in [0, 0.1) is 0 Å². The van der Waals surface area contributed by atoms with E-state index in [4.69, 9.17) is 8.83 Å². The minimum atomic E-state index is 0.566. The lowest BCUT2D eigenvalue weighted by molar-refractivity contribution is 0.605. The lowest BCUT2D eigenvalue weighted by Gasteiger charge is -1.82. The molecule has 0 aliphatic rings. The average molecular weight is 159 g/mol. The molecule has 0 atom stereocenters. The van der Waals surface area contributed by atoms with Crippen LogP contribution in [0.1, 0.15) is 0 Å². The molecule has 2 aromatic heterocycles. The highest BCUT2D eigenvalue weighted by atomic mass is 16.4.